The SMILES string of the molecule is Cc1ccc2c(c1)[C@H](O)CC1(CCN(C(C)C)C1)O2. The van der Waals surface area contributed by atoms with Gasteiger partial charge in [-0.15, -0.1) is 0 Å². The smallest absolute Gasteiger partial charge is 0.126 e. The summed E-state index contributed by atoms with van der Waals surface area (Å²) in [6.07, 6.45) is 1.33. The van der Waals surface area contributed by atoms with E-state index in [9.17, 15) is 5.11 Å². The molecule has 3 rings (SSSR count). The van der Waals surface area contributed by atoms with Crippen LogP contribution in [-0.4, -0.2) is 34.7 Å². The zero-order valence-corrected chi connectivity index (χ0v) is 12.0. The van der Waals surface area contributed by atoms with Crippen LogP contribution in [0.4, 0.5) is 0 Å². The average molecular weight is 261 g/mol. The molecular weight excluding hydrogens is 238 g/mol. The number of fused-ring (bicyclic) bond motifs is 1. The molecule has 0 aliphatic carbocycles. The van der Waals surface area contributed by atoms with Gasteiger partial charge in [-0.2, -0.15) is 0 Å². The molecule has 3 heteroatoms. The largest absolute Gasteiger partial charge is 0.485 e. The number of benzene rings is 1. The summed E-state index contributed by atoms with van der Waals surface area (Å²) in [5.74, 6) is 0.870. The topological polar surface area (TPSA) is 32.7 Å². The standard InChI is InChI=1S/C16H23NO2/c1-11(2)17-7-6-16(10-17)9-14(18)13-8-12(3)4-5-15(13)19-16/h4-5,8,11,14,18H,6-7,9-10H2,1-3H3/t14-,16?/m1/s1. The van der Waals surface area contributed by atoms with Crippen LogP contribution >= 0.6 is 0 Å². The Labute approximate surface area is 115 Å². The number of likely N-dealkylation sites (tertiary alicyclic amines) is 1. The van der Waals surface area contributed by atoms with E-state index in [0.29, 0.717) is 12.5 Å². The molecule has 1 N–H and O–H groups in total. The van der Waals surface area contributed by atoms with Gasteiger partial charge in [0.1, 0.15) is 11.4 Å². The van der Waals surface area contributed by atoms with Gasteiger partial charge >= 0.3 is 0 Å². The minimum Gasteiger partial charge on any atom is -0.485 e. The fourth-order valence-electron chi connectivity index (χ4n) is 3.32. The Hall–Kier alpha value is -1.06. The summed E-state index contributed by atoms with van der Waals surface area (Å²) in [4.78, 5) is 2.44. The van der Waals surface area contributed by atoms with Crippen LogP contribution in [0.15, 0.2) is 18.2 Å². The summed E-state index contributed by atoms with van der Waals surface area (Å²) in [6.45, 7) is 8.47. The molecule has 1 fully saturated rings. The van der Waals surface area contributed by atoms with Crippen LogP contribution in [0.5, 0.6) is 5.75 Å². The fourth-order valence-corrected chi connectivity index (χ4v) is 3.32. The first-order valence-electron chi connectivity index (χ1n) is 7.21. The van der Waals surface area contributed by atoms with Crippen molar-refractivity contribution >= 4 is 0 Å². The van der Waals surface area contributed by atoms with Crippen molar-refractivity contribution in [2.75, 3.05) is 13.1 Å². The Morgan fingerprint density at radius 2 is 2.21 bits per heavy atom. The normalized spacial score (nSPS) is 30.7. The summed E-state index contributed by atoms with van der Waals surface area (Å²) >= 11 is 0. The Kier molecular flexibility index (Phi) is 3.06. The number of hydrogen-bond donors (Lipinski definition) is 1. The van der Waals surface area contributed by atoms with Crippen molar-refractivity contribution in [3.63, 3.8) is 0 Å². The number of hydrogen-bond acceptors (Lipinski definition) is 3. The van der Waals surface area contributed by atoms with Crippen molar-refractivity contribution < 1.29 is 9.84 Å². The number of aryl methyl sites for hydroxylation is 1. The lowest BCUT2D eigenvalue weighted by Crippen LogP contribution is -2.44. The summed E-state index contributed by atoms with van der Waals surface area (Å²) in [5, 5.41) is 10.4. The third-order valence-corrected chi connectivity index (χ3v) is 4.49. The van der Waals surface area contributed by atoms with Crippen molar-refractivity contribution in [2.24, 2.45) is 0 Å². The van der Waals surface area contributed by atoms with Crippen molar-refractivity contribution in [3.05, 3.63) is 29.3 Å². The van der Waals surface area contributed by atoms with Gasteiger partial charge in [0.2, 0.25) is 0 Å². The molecule has 0 bridgehead atoms. The van der Waals surface area contributed by atoms with E-state index in [1.54, 1.807) is 0 Å². The Morgan fingerprint density at radius 3 is 2.89 bits per heavy atom. The van der Waals surface area contributed by atoms with Gasteiger partial charge in [-0.3, -0.25) is 4.90 Å². The van der Waals surface area contributed by atoms with Crippen molar-refractivity contribution in [1.82, 2.24) is 4.90 Å². The maximum absolute atomic E-state index is 10.4. The molecule has 1 spiro atoms. The monoisotopic (exact) mass is 261 g/mol. The van der Waals surface area contributed by atoms with Gasteiger partial charge in [-0.25, -0.2) is 0 Å². The van der Waals surface area contributed by atoms with Gasteiger partial charge in [0.05, 0.1) is 6.10 Å². The molecule has 0 saturated carbocycles. The summed E-state index contributed by atoms with van der Waals surface area (Å²) < 4.78 is 6.28. The molecule has 2 heterocycles. The first kappa shape index (κ1) is 12.9. The molecule has 2 aliphatic heterocycles. The van der Waals surface area contributed by atoms with Gasteiger partial charge in [0.15, 0.2) is 0 Å². The quantitative estimate of drug-likeness (QED) is 0.843. The third kappa shape index (κ3) is 2.26. The highest BCUT2D eigenvalue weighted by Crippen LogP contribution is 2.44. The maximum Gasteiger partial charge on any atom is 0.126 e. The van der Waals surface area contributed by atoms with Crippen LogP contribution in [0.2, 0.25) is 0 Å². The predicted molar refractivity (Wildman–Crippen MR) is 75.4 cm³/mol. The van der Waals surface area contributed by atoms with Crippen LogP contribution in [0.25, 0.3) is 0 Å². The van der Waals surface area contributed by atoms with Gasteiger partial charge in [0, 0.05) is 37.5 Å². The zero-order chi connectivity index (χ0) is 13.6. The Balaban J connectivity index is 1.87. The zero-order valence-electron chi connectivity index (χ0n) is 12.0. The molecule has 0 aromatic heterocycles. The second-order valence-corrected chi connectivity index (χ2v) is 6.36. The molecule has 104 valence electrons. The predicted octanol–water partition coefficient (Wildman–Crippen LogP) is 2.66. The lowest BCUT2D eigenvalue weighted by Gasteiger charge is -2.38. The molecule has 19 heavy (non-hydrogen) atoms. The van der Waals surface area contributed by atoms with E-state index in [4.69, 9.17) is 4.74 Å². The molecule has 3 nitrogen and oxygen atoms in total. The molecule has 1 saturated heterocycles. The third-order valence-electron chi connectivity index (χ3n) is 4.49. The van der Waals surface area contributed by atoms with E-state index in [1.807, 2.05) is 19.1 Å². The van der Waals surface area contributed by atoms with E-state index in [0.717, 1.165) is 30.8 Å². The summed E-state index contributed by atoms with van der Waals surface area (Å²) in [5.41, 5.74) is 1.94. The number of aliphatic hydroxyl groups is 1. The van der Waals surface area contributed by atoms with E-state index in [-0.39, 0.29) is 5.60 Å². The summed E-state index contributed by atoms with van der Waals surface area (Å²) in [6, 6.07) is 6.65. The van der Waals surface area contributed by atoms with E-state index in [1.165, 1.54) is 5.56 Å². The van der Waals surface area contributed by atoms with Crippen molar-refractivity contribution in [3.8, 4) is 5.75 Å². The molecule has 1 unspecified atom stereocenters. The molecule has 0 amide bonds. The van der Waals surface area contributed by atoms with Gasteiger partial charge < -0.3 is 9.84 Å². The summed E-state index contributed by atoms with van der Waals surface area (Å²) in [7, 11) is 0. The molecule has 0 radical (unpaired) electrons. The van der Waals surface area contributed by atoms with E-state index >= 15 is 0 Å². The fraction of sp³-hybridized carbons (Fsp3) is 0.625. The number of aliphatic hydroxyl groups excluding tert-OH is 1. The first-order valence-corrected chi connectivity index (χ1v) is 7.21. The molecule has 2 atom stereocenters. The van der Waals surface area contributed by atoms with Crippen LogP contribution < -0.4 is 4.74 Å². The van der Waals surface area contributed by atoms with Crippen molar-refractivity contribution in [1.29, 1.82) is 0 Å². The van der Waals surface area contributed by atoms with Crippen LogP contribution in [0, 0.1) is 6.92 Å². The second kappa shape index (κ2) is 4.50. The van der Waals surface area contributed by atoms with Gasteiger partial charge in [-0.05, 0) is 32.9 Å². The molecule has 2 aliphatic rings. The lowest BCUT2D eigenvalue weighted by molar-refractivity contribution is -0.00892. The first-order chi connectivity index (χ1) is 8.99. The van der Waals surface area contributed by atoms with E-state index < -0.39 is 6.10 Å². The van der Waals surface area contributed by atoms with Crippen LogP contribution in [0.1, 0.15) is 43.9 Å². The molecule has 1 aromatic rings. The minimum absolute atomic E-state index is 0.189. The lowest BCUT2D eigenvalue weighted by atomic mass is 9.87. The number of nitrogens with zero attached hydrogens (tertiary/aromatic N) is 1. The minimum atomic E-state index is -0.393. The van der Waals surface area contributed by atoms with E-state index in [2.05, 4.69) is 24.8 Å². The highest BCUT2D eigenvalue weighted by molar-refractivity contribution is 5.41. The Morgan fingerprint density at radius 1 is 1.42 bits per heavy atom. The Bertz CT molecular complexity index is 486. The number of ether oxygens (including phenoxy) is 1. The van der Waals surface area contributed by atoms with Crippen LogP contribution in [0.3, 0.4) is 0 Å². The molecule has 1 aromatic carbocycles. The highest BCUT2D eigenvalue weighted by atomic mass is 16.5. The van der Waals surface area contributed by atoms with Crippen molar-refractivity contribution in [2.45, 2.75) is 51.4 Å². The van der Waals surface area contributed by atoms with Gasteiger partial charge in [0.25, 0.3) is 0 Å². The number of rotatable bonds is 1. The molecular formula is C16H23NO2. The maximum atomic E-state index is 10.4. The average Bonchev–Trinajstić information content (AvgIpc) is 2.74. The highest BCUT2D eigenvalue weighted by Gasteiger charge is 2.46. The second-order valence-electron chi connectivity index (χ2n) is 6.36. The van der Waals surface area contributed by atoms with Gasteiger partial charge in [-0.1, -0.05) is 11.6 Å². The van der Waals surface area contributed by atoms with Crippen LogP contribution in [-0.2, 0) is 0 Å².